The Bertz CT molecular complexity index is 914. The minimum Gasteiger partial charge on any atom is -0.311 e. The van der Waals surface area contributed by atoms with Gasteiger partial charge in [-0.1, -0.05) is 32.4 Å². The van der Waals surface area contributed by atoms with Crippen LogP contribution < -0.4 is 5.32 Å². The van der Waals surface area contributed by atoms with Crippen molar-refractivity contribution in [1.29, 1.82) is 0 Å². The second-order valence-electron chi connectivity index (χ2n) is 7.95. The Morgan fingerprint density at radius 3 is 2.45 bits per heavy atom. The van der Waals surface area contributed by atoms with E-state index in [1.54, 1.807) is 45.5 Å². The fourth-order valence-electron chi connectivity index (χ4n) is 3.48. The third kappa shape index (κ3) is 5.67. The van der Waals surface area contributed by atoms with Gasteiger partial charge in [0.2, 0.25) is 15.9 Å². The molecule has 1 saturated heterocycles. The van der Waals surface area contributed by atoms with Gasteiger partial charge in [-0.25, -0.2) is 13.1 Å². The van der Waals surface area contributed by atoms with E-state index < -0.39 is 10.0 Å². The van der Waals surface area contributed by atoms with Crippen LogP contribution in [0.15, 0.2) is 41.4 Å². The molecule has 0 atom stereocenters. The number of carbonyl (C=O) groups excluding carboxylic acids is 1. The molecular formula is C21H30N4O3S. The maximum Gasteiger partial charge on any atom is 0.243 e. The van der Waals surface area contributed by atoms with Crippen LogP contribution in [-0.2, 0) is 27.8 Å². The van der Waals surface area contributed by atoms with E-state index in [4.69, 9.17) is 0 Å². The van der Waals surface area contributed by atoms with Gasteiger partial charge in [0.05, 0.1) is 11.1 Å². The first kappa shape index (κ1) is 21.5. The Morgan fingerprint density at radius 1 is 1.10 bits per heavy atom. The van der Waals surface area contributed by atoms with Gasteiger partial charge in [0.25, 0.3) is 0 Å². The molecule has 1 aliphatic rings. The molecule has 0 aliphatic carbocycles. The molecule has 2 heterocycles. The SMILES string of the molecule is CC(C)Cn1nccc1NC(=O)CCc1ccc(S(=O)(=O)N2CCCCC2)cc1. The van der Waals surface area contributed by atoms with Gasteiger partial charge in [0, 0.05) is 32.1 Å². The zero-order valence-corrected chi connectivity index (χ0v) is 18.0. The Kier molecular flexibility index (Phi) is 7.08. The molecule has 1 aromatic carbocycles. The number of nitrogens with one attached hydrogen (secondary N) is 1. The van der Waals surface area contributed by atoms with Gasteiger partial charge >= 0.3 is 0 Å². The zero-order valence-electron chi connectivity index (χ0n) is 17.2. The molecular weight excluding hydrogens is 388 g/mol. The van der Waals surface area contributed by atoms with Crippen molar-refractivity contribution in [3.05, 3.63) is 42.1 Å². The van der Waals surface area contributed by atoms with Crippen LogP contribution in [0.4, 0.5) is 5.82 Å². The largest absolute Gasteiger partial charge is 0.311 e. The van der Waals surface area contributed by atoms with Crippen LogP contribution in [0.3, 0.4) is 0 Å². The molecule has 7 nitrogen and oxygen atoms in total. The van der Waals surface area contributed by atoms with Crippen molar-refractivity contribution in [2.24, 2.45) is 5.92 Å². The van der Waals surface area contributed by atoms with Crippen molar-refractivity contribution in [1.82, 2.24) is 14.1 Å². The summed E-state index contributed by atoms with van der Waals surface area (Å²) < 4.78 is 28.8. The number of piperidine rings is 1. The van der Waals surface area contributed by atoms with Crippen molar-refractivity contribution < 1.29 is 13.2 Å². The lowest BCUT2D eigenvalue weighted by Gasteiger charge is -2.25. The summed E-state index contributed by atoms with van der Waals surface area (Å²) in [7, 11) is -3.41. The number of amides is 1. The van der Waals surface area contributed by atoms with Crippen molar-refractivity contribution in [3.8, 4) is 0 Å². The van der Waals surface area contributed by atoms with Gasteiger partial charge in [-0.15, -0.1) is 0 Å². The van der Waals surface area contributed by atoms with Gasteiger partial charge in [0.15, 0.2) is 0 Å². The molecule has 158 valence electrons. The molecule has 1 aromatic heterocycles. The first-order valence-corrected chi connectivity index (χ1v) is 11.7. The number of aromatic nitrogens is 2. The molecule has 1 N–H and O–H groups in total. The van der Waals surface area contributed by atoms with E-state index in [1.165, 1.54) is 0 Å². The third-order valence-electron chi connectivity index (χ3n) is 5.04. The normalized spacial score (nSPS) is 15.6. The van der Waals surface area contributed by atoms with E-state index in [0.29, 0.717) is 42.6 Å². The van der Waals surface area contributed by atoms with Crippen LogP contribution in [-0.4, -0.2) is 41.5 Å². The van der Waals surface area contributed by atoms with Crippen LogP contribution in [0.2, 0.25) is 0 Å². The Balaban J connectivity index is 1.55. The Hall–Kier alpha value is -2.19. The quantitative estimate of drug-likeness (QED) is 0.713. The highest BCUT2D eigenvalue weighted by molar-refractivity contribution is 7.89. The van der Waals surface area contributed by atoms with Gasteiger partial charge in [0.1, 0.15) is 5.82 Å². The van der Waals surface area contributed by atoms with Crippen LogP contribution >= 0.6 is 0 Å². The van der Waals surface area contributed by atoms with E-state index in [0.717, 1.165) is 31.4 Å². The van der Waals surface area contributed by atoms with E-state index in [-0.39, 0.29) is 5.91 Å². The average molecular weight is 419 g/mol. The molecule has 2 aromatic rings. The summed E-state index contributed by atoms with van der Waals surface area (Å²) in [5.41, 5.74) is 0.938. The third-order valence-corrected chi connectivity index (χ3v) is 6.95. The predicted molar refractivity (Wildman–Crippen MR) is 113 cm³/mol. The number of anilines is 1. The smallest absolute Gasteiger partial charge is 0.243 e. The summed E-state index contributed by atoms with van der Waals surface area (Å²) >= 11 is 0. The van der Waals surface area contributed by atoms with E-state index in [9.17, 15) is 13.2 Å². The summed E-state index contributed by atoms with van der Waals surface area (Å²) in [6.45, 7) is 6.13. The fourth-order valence-corrected chi connectivity index (χ4v) is 4.99. The maximum absolute atomic E-state index is 12.7. The van der Waals surface area contributed by atoms with E-state index in [1.807, 2.05) is 0 Å². The number of carbonyl (C=O) groups is 1. The van der Waals surface area contributed by atoms with Gasteiger partial charge in [-0.3, -0.25) is 4.79 Å². The molecule has 29 heavy (non-hydrogen) atoms. The van der Waals surface area contributed by atoms with Crippen molar-refractivity contribution in [2.75, 3.05) is 18.4 Å². The summed E-state index contributed by atoms with van der Waals surface area (Å²) in [6, 6.07) is 8.69. The Morgan fingerprint density at radius 2 is 1.79 bits per heavy atom. The molecule has 1 amide bonds. The van der Waals surface area contributed by atoms with Crippen LogP contribution in [0.5, 0.6) is 0 Å². The number of hydrogen-bond donors (Lipinski definition) is 1. The molecule has 3 rings (SSSR count). The average Bonchev–Trinajstić information content (AvgIpc) is 3.13. The molecule has 0 radical (unpaired) electrons. The standard InChI is InChI=1S/C21H30N4O3S/c1-17(2)16-25-20(12-13-22-25)23-21(26)11-8-18-6-9-19(10-7-18)29(27,28)24-14-4-3-5-15-24/h6-7,9-10,12-13,17H,3-5,8,11,14-16H2,1-2H3,(H,23,26). The predicted octanol–water partition coefficient (Wildman–Crippen LogP) is 3.29. The lowest BCUT2D eigenvalue weighted by Crippen LogP contribution is -2.35. The van der Waals surface area contributed by atoms with Crippen LogP contribution in [0, 0.1) is 5.92 Å². The van der Waals surface area contributed by atoms with E-state index >= 15 is 0 Å². The summed E-state index contributed by atoms with van der Waals surface area (Å²) in [5.74, 6) is 1.05. The molecule has 0 saturated carbocycles. The molecule has 0 bridgehead atoms. The number of nitrogens with zero attached hydrogens (tertiary/aromatic N) is 3. The highest BCUT2D eigenvalue weighted by Crippen LogP contribution is 2.21. The zero-order chi connectivity index (χ0) is 20.9. The first-order chi connectivity index (χ1) is 13.9. The Labute approximate surface area is 173 Å². The number of rotatable bonds is 8. The minimum absolute atomic E-state index is 0.0829. The first-order valence-electron chi connectivity index (χ1n) is 10.3. The van der Waals surface area contributed by atoms with Gasteiger partial charge in [-0.05, 0) is 42.9 Å². The van der Waals surface area contributed by atoms with Gasteiger partial charge in [-0.2, -0.15) is 9.40 Å². The lowest BCUT2D eigenvalue weighted by atomic mass is 10.1. The topological polar surface area (TPSA) is 84.3 Å². The van der Waals surface area contributed by atoms with E-state index in [2.05, 4.69) is 24.3 Å². The maximum atomic E-state index is 12.7. The van der Waals surface area contributed by atoms with Crippen LogP contribution in [0.25, 0.3) is 0 Å². The number of benzene rings is 1. The van der Waals surface area contributed by atoms with Gasteiger partial charge < -0.3 is 5.32 Å². The molecule has 0 unspecified atom stereocenters. The van der Waals surface area contributed by atoms with Crippen molar-refractivity contribution in [2.45, 2.75) is 57.4 Å². The minimum atomic E-state index is -3.41. The number of sulfonamides is 1. The molecule has 0 spiro atoms. The highest BCUT2D eigenvalue weighted by atomic mass is 32.2. The monoisotopic (exact) mass is 418 g/mol. The second kappa shape index (κ2) is 9.54. The fraction of sp³-hybridized carbons (Fsp3) is 0.524. The van der Waals surface area contributed by atoms with Crippen molar-refractivity contribution in [3.63, 3.8) is 0 Å². The summed E-state index contributed by atoms with van der Waals surface area (Å²) in [6.07, 6.45) is 5.48. The van der Waals surface area contributed by atoms with Crippen LogP contribution in [0.1, 0.15) is 45.1 Å². The molecule has 1 aliphatic heterocycles. The summed E-state index contributed by atoms with van der Waals surface area (Å²) in [5, 5.41) is 7.14. The lowest BCUT2D eigenvalue weighted by molar-refractivity contribution is -0.116. The second-order valence-corrected chi connectivity index (χ2v) is 9.89. The van der Waals surface area contributed by atoms with Crippen molar-refractivity contribution >= 4 is 21.7 Å². The molecule has 1 fully saturated rings. The summed E-state index contributed by atoms with van der Waals surface area (Å²) in [4.78, 5) is 12.6. The molecule has 8 heteroatoms. The number of hydrogen-bond acceptors (Lipinski definition) is 4. The highest BCUT2D eigenvalue weighted by Gasteiger charge is 2.25. The number of aryl methyl sites for hydroxylation is 1.